The van der Waals surface area contributed by atoms with Crippen LogP contribution in [0.5, 0.6) is 0 Å². The normalized spacial score (nSPS) is 11.1. The Morgan fingerprint density at radius 2 is 1.73 bits per heavy atom. The standard InChI is InChI=1S/C23H22N3/c1-15-12-16(2)17(3)20(13-15)23-9-8-19-18(21-10-11-24-14-25-21)6-5-7-22(19)26(23)4/h5-14H,1-4H3/q+1. The summed E-state index contributed by atoms with van der Waals surface area (Å²) in [6, 6.07) is 17.3. The maximum absolute atomic E-state index is 4.43. The summed E-state index contributed by atoms with van der Waals surface area (Å²) in [5.74, 6) is 0. The van der Waals surface area contributed by atoms with Gasteiger partial charge in [-0.25, -0.2) is 9.97 Å². The minimum absolute atomic E-state index is 0.945. The fourth-order valence-corrected chi connectivity index (χ4v) is 3.67. The fourth-order valence-electron chi connectivity index (χ4n) is 3.67. The minimum atomic E-state index is 0.945. The minimum Gasteiger partial charge on any atom is -0.245 e. The number of hydrogen-bond donors (Lipinski definition) is 0. The van der Waals surface area contributed by atoms with Crippen molar-refractivity contribution >= 4 is 10.9 Å². The molecule has 0 aliphatic rings. The molecule has 0 amide bonds. The van der Waals surface area contributed by atoms with Crippen molar-refractivity contribution in [1.82, 2.24) is 9.97 Å². The van der Waals surface area contributed by atoms with E-state index in [4.69, 9.17) is 0 Å². The molecule has 2 aromatic carbocycles. The molecular weight excluding hydrogens is 318 g/mol. The summed E-state index contributed by atoms with van der Waals surface area (Å²) >= 11 is 0. The molecule has 0 bridgehead atoms. The van der Waals surface area contributed by atoms with Crippen molar-refractivity contribution in [3.8, 4) is 22.5 Å². The Balaban J connectivity index is 1.98. The predicted octanol–water partition coefficient (Wildman–Crippen LogP) is 4.71. The zero-order valence-electron chi connectivity index (χ0n) is 15.6. The van der Waals surface area contributed by atoms with Gasteiger partial charge in [0.15, 0.2) is 0 Å². The number of fused-ring (bicyclic) bond motifs is 1. The van der Waals surface area contributed by atoms with Crippen molar-refractivity contribution in [3.05, 3.63) is 77.7 Å². The van der Waals surface area contributed by atoms with Crippen LogP contribution >= 0.6 is 0 Å². The average Bonchev–Trinajstić information content (AvgIpc) is 2.66. The highest BCUT2D eigenvalue weighted by atomic mass is 14.9. The van der Waals surface area contributed by atoms with Crippen LogP contribution in [0.15, 0.2) is 61.1 Å². The number of rotatable bonds is 2. The van der Waals surface area contributed by atoms with E-state index in [0.29, 0.717) is 0 Å². The van der Waals surface area contributed by atoms with Gasteiger partial charge in [0, 0.05) is 29.5 Å². The van der Waals surface area contributed by atoms with Crippen LogP contribution in [0.3, 0.4) is 0 Å². The van der Waals surface area contributed by atoms with Crippen molar-refractivity contribution < 1.29 is 4.57 Å². The molecule has 0 aliphatic heterocycles. The lowest BCUT2D eigenvalue weighted by molar-refractivity contribution is -0.633. The zero-order chi connectivity index (χ0) is 18.3. The molecule has 0 spiro atoms. The summed E-state index contributed by atoms with van der Waals surface area (Å²) in [6.07, 6.45) is 3.38. The third kappa shape index (κ3) is 2.66. The number of pyridine rings is 1. The summed E-state index contributed by atoms with van der Waals surface area (Å²) in [7, 11) is 2.14. The molecule has 0 atom stereocenters. The highest BCUT2D eigenvalue weighted by Crippen LogP contribution is 2.29. The summed E-state index contributed by atoms with van der Waals surface area (Å²) in [5, 5.41) is 1.19. The Bertz CT molecular complexity index is 1120. The van der Waals surface area contributed by atoms with Crippen molar-refractivity contribution in [2.75, 3.05) is 0 Å². The second-order valence-electron chi connectivity index (χ2n) is 6.86. The Morgan fingerprint density at radius 3 is 2.50 bits per heavy atom. The molecule has 0 fully saturated rings. The van der Waals surface area contributed by atoms with Crippen LogP contribution in [-0.4, -0.2) is 9.97 Å². The molecule has 0 saturated heterocycles. The van der Waals surface area contributed by atoms with Gasteiger partial charge >= 0.3 is 0 Å². The van der Waals surface area contributed by atoms with Crippen molar-refractivity contribution in [1.29, 1.82) is 0 Å². The summed E-state index contributed by atoms with van der Waals surface area (Å²) < 4.78 is 2.28. The molecule has 4 aromatic rings. The molecule has 2 aromatic heterocycles. The molecule has 2 heterocycles. The van der Waals surface area contributed by atoms with Gasteiger partial charge in [0.1, 0.15) is 13.4 Å². The van der Waals surface area contributed by atoms with E-state index < -0.39 is 0 Å². The Morgan fingerprint density at radius 1 is 0.885 bits per heavy atom. The summed E-state index contributed by atoms with van der Waals surface area (Å²) in [5.41, 5.74) is 9.73. The van der Waals surface area contributed by atoms with Gasteiger partial charge in [-0.15, -0.1) is 0 Å². The number of nitrogens with zero attached hydrogens (tertiary/aromatic N) is 3. The second-order valence-corrected chi connectivity index (χ2v) is 6.86. The number of aromatic nitrogens is 3. The highest BCUT2D eigenvalue weighted by molar-refractivity contribution is 5.92. The van der Waals surface area contributed by atoms with Gasteiger partial charge in [0.25, 0.3) is 0 Å². The number of aryl methyl sites for hydroxylation is 3. The first kappa shape index (κ1) is 16.4. The van der Waals surface area contributed by atoms with E-state index in [9.17, 15) is 0 Å². The van der Waals surface area contributed by atoms with Gasteiger partial charge in [0.2, 0.25) is 11.2 Å². The lowest BCUT2D eigenvalue weighted by Gasteiger charge is -2.11. The van der Waals surface area contributed by atoms with Crippen LogP contribution in [0.4, 0.5) is 0 Å². The topological polar surface area (TPSA) is 29.7 Å². The highest BCUT2D eigenvalue weighted by Gasteiger charge is 2.19. The van der Waals surface area contributed by atoms with Gasteiger partial charge in [-0.05, 0) is 50.1 Å². The van der Waals surface area contributed by atoms with E-state index in [-0.39, 0.29) is 0 Å². The van der Waals surface area contributed by atoms with Gasteiger partial charge < -0.3 is 0 Å². The summed E-state index contributed by atoms with van der Waals surface area (Å²) in [4.78, 5) is 8.46. The SMILES string of the molecule is Cc1cc(C)c(C)c(-c2ccc3c(-c4ccncn4)cccc3[n+]2C)c1. The van der Waals surface area contributed by atoms with Gasteiger partial charge in [-0.3, -0.25) is 0 Å². The molecule has 128 valence electrons. The first-order valence-electron chi connectivity index (χ1n) is 8.82. The van der Waals surface area contributed by atoms with Gasteiger partial charge in [-0.2, -0.15) is 4.57 Å². The smallest absolute Gasteiger partial charge is 0.213 e. The monoisotopic (exact) mass is 340 g/mol. The van der Waals surface area contributed by atoms with E-state index in [1.165, 1.54) is 38.9 Å². The van der Waals surface area contributed by atoms with Gasteiger partial charge in [-0.1, -0.05) is 23.8 Å². The molecule has 3 nitrogen and oxygen atoms in total. The molecule has 0 unspecified atom stereocenters. The first-order valence-corrected chi connectivity index (χ1v) is 8.82. The lowest BCUT2D eigenvalue weighted by Crippen LogP contribution is -2.32. The molecule has 3 heteroatoms. The molecule has 0 saturated carbocycles. The zero-order valence-corrected chi connectivity index (χ0v) is 15.6. The molecule has 0 N–H and O–H groups in total. The first-order chi connectivity index (χ1) is 12.6. The molecule has 4 rings (SSSR count). The Kier molecular flexibility index (Phi) is 4.00. The van der Waals surface area contributed by atoms with Crippen LogP contribution in [-0.2, 0) is 7.05 Å². The summed E-state index contributed by atoms with van der Waals surface area (Å²) in [6.45, 7) is 6.54. The number of hydrogen-bond acceptors (Lipinski definition) is 2. The van der Waals surface area contributed by atoms with Crippen molar-refractivity contribution in [2.24, 2.45) is 7.05 Å². The van der Waals surface area contributed by atoms with E-state index in [0.717, 1.165) is 11.3 Å². The third-order valence-corrected chi connectivity index (χ3v) is 5.16. The molecule has 0 radical (unpaired) electrons. The molecule has 26 heavy (non-hydrogen) atoms. The largest absolute Gasteiger partial charge is 0.245 e. The average molecular weight is 340 g/mol. The lowest BCUT2D eigenvalue weighted by atomic mass is 9.96. The maximum atomic E-state index is 4.43. The van der Waals surface area contributed by atoms with Gasteiger partial charge in [0.05, 0.1) is 11.1 Å². The van der Waals surface area contributed by atoms with E-state index in [1.807, 2.05) is 6.07 Å². The van der Waals surface area contributed by atoms with Crippen LogP contribution in [0.25, 0.3) is 33.4 Å². The predicted molar refractivity (Wildman–Crippen MR) is 106 cm³/mol. The van der Waals surface area contributed by atoms with E-state index in [2.05, 4.69) is 84.8 Å². The van der Waals surface area contributed by atoms with Crippen molar-refractivity contribution in [2.45, 2.75) is 20.8 Å². The van der Waals surface area contributed by atoms with E-state index >= 15 is 0 Å². The van der Waals surface area contributed by atoms with E-state index in [1.54, 1.807) is 12.5 Å². The fraction of sp³-hybridized carbons (Fsp3) is 0.174. The second kappa shape index (κ2) is 6.34. The Hall–Kier alpha value is -3.07. The van der Waals surface area contributed by atoms with Crippen LogP contribution in [0, 0.1) is 20.8 Å². The van der Waals surface area contributed by atoms with Crippen LogP contribution in [0.1, 0.15) is 16.7 Å². The Labute approximate surface area is 154 Å². The van der Waals surface area contributed by atoms with Crippen LogP contribution in [0.2, 0.25) is 0 Å². The molecule has 0 aliphatic carbocycles. The quantitative estimate of drug-likeness (QED) is 0.495. The molecular formula is C23H22N3+. The maximum Gasteiger partial charge on any atom is 0.213 e. The van der Waals surface area contributed by atoms with Crippen LogP contribution < -0.4 is 4.57 Å². The number of benzene rings is 2. The third-order valence-electron chi connectivity index (χ3n) is 5.16. The van der Waals surface area contributed by atoms with Crippen molar-refractivity contribution in [3.63, 3.8) is 0 Å².